The molecule has 8 nitrogen and oxygen atoms in total. The second-order valence-electron chi connectivity index (χ2n) is 8.31. The minimum Gasteiger partial charge on any atom is -0.475 e. The summed E-state index contributed by atoms with van der Waals surface area (Å²) in [5.74, 6) is -0.994. The number of likely N-dealkylation sites (tertiary alicyclic amines) is 1. The van der Waals surface area contributed by atoms with Crippen molar-refractivity contribution in [1.29, 1.82) is 0 Å². The molecule has 1 N–H and O–H groups in total. The number of carbonyl (C=O) groups is 1. The van der Waals surface area contributed by atoms with Crippen molar-refractivity contribution in [2.75, 3.05) is 19.4 Å². The number of hydrogen-bond acceptors (Lipinski definition) is 7. The Morgan fingerprint density at radius 2 is 2.06 bits per heavy atom. The van der Waals surface area contributed by atoms with E-state index in [2.05, 4.69) is 15.0 Å². The fraction of sp³-hybridized carbons (Fsp3) is 0.600. The molecule has 1 aliphatic heterocycles. The fourth-order valence-corrected chi connectivity index (χ4v) is 3.93. The summed E-state index contributed by atoms with van der Waals surface area (Å²) in [5.41, 5.74) is -1.39. The maximum Gasteiger partial charge on any atom is 0.410 e. The molecule has 31 heavy (non-hydrogen) atoms. The number of ether oxygens (including phenoxy) is 2. The zero-order valence-electron chi connectivity index (χ0n) is 18.0. The summed E-state index contributed by atoms with van der Waals surface area (Å²) in [4.78, 5) is 37.5. The molecular weight excluding hydrogens is 447 g/mol. The van der Waals surface area contributed by atoms with E-state index in [1.54, 1.807) is 11.2 Å². The lowest BCUT2D eigenvalue weighted by Crippen LogP contribution is -2.45. The summed E-state index contributed by atoms with van der Waals surface area (Å²) < 4.78 is 25.9. The minimum atomic E-state index is -0.879. The van der Waals surface area contributed by atoms with Crippen LogP contribution in [0.15, 0.2) is 9.95 Å². The first-order valence-corrected chi connectivity index (χ1v) is 11.7. The highest BCUT2D eigenvalue weighted by atomic mass is 35.5. The summed E-state index contributed by atoms with van der Waals surface area (Å²) in [6, 6.07) is -0.282. The maximum atomic E-state index is 14.5. The first kappa shape index (κ1) is 23.6. The molecule has 2 aromatic heterocycles. The summed E-state index contributed by atoms with van der Waals surface area (Å²) in [5, 5.41) is -0.292. The van der Waals surface area contributed by atoms with Crippen LogP contribution >= 0.6 is 23.4 Å². The smallest absolute Gasteiger partial charge is 0.410 e. The molecule has 2 aromatic rings. The number of hydrogen-bond donors (Lipinski definition) is 1. The number of rotatable bonds is 4. The molecule has 0 aliphatic carbocycles. The zero-order chi connectivity index (χ0) is 22.8. The molecule has 1 amide bonds. The van der Waals surface area contributed by atoms with Crippen molar-refractivity contribution in [3.8, 4) is 5.88 Å². The third-order valence-corrected chi connectivity index (χ3v) is 5.64. The van der Waals surface area contributed by atoms with Gasteiger partial charge in [-0.2, -0.15) is 4.98 Å². The van der Waals surface area contributed by atoms with Crippen LogP contribution in [0.3, 0.4) is 0 Å². The van der Waals surface area contributed by atoms with Crippen LogP contribution in [0, 0.1) is 5.82 Å². The molecule has 1 fully saturated rings. The van der Waals surface area contributed by atoms with Crippen LogP contribution in [0.1, 0.15) is 46.5 Å². The second kappa shape index (κ2) is 9.60. The van der Waals surface area contributed by atoms with Gasteiger partial charge in [0.05, 0.1) is 6.04 Å². The van der Waals surface area contributed by atoms with Crippen molar-refractivity contribution >= 4 is 40.4 Å². The Bertz CT molecular complexity index is 1030. The van der Waals surface area contributed by atoms with Crippen molar-refractivity contribution in [3.63, 3.8) is 0 Å². The lowest BCUT2D eigenvalue weighted by atomic mass is 10.1. The summed E-state index contributed by atoms with van der Waals surface area (Å²) in [6.45, 7) is 6.04. The van der Waals surface area contributed by atoms with Crippen LogP contribution in [0.2, 0.25) is 5.15 Å². The molecule has 0 aromatic carbocycles. The number of aromatic nitrogens is 3. The number of nitrogens with zero attached hydrogens (tertiary/aromatic N) is 3. The van der Waals surface area contributed by atoms with Gasteiger partial charge >= 0.3 is 6.09 Å². The van der Waals surface area contributed by atoms with Crippen molar-refractivity contribution in [3.05, 3.63) is 21.3 Å². The first-order chi connectivity index (χ1) is 14.6. The molecule has 1 saturated heterocycles. The van der Waals surface area contributed by atoms with Gasteiger partial charge in [0, 0.05) is 6.54 Å². The van der Waals surface area contributed by atoms with E-state index in [-0.39, 0.29) is 34.6 Å². The van der Waals surface area contributed by atoms with Crippen LogP contribution in [0.25, 0.3) is 10.9 Å². The molecule has 0 spiro atoms. The standard InChI is InChI=1S/C20H26ClFN4O4S/c1-20(2,3)30-19(28)26-9-7-5-6-8-11(26)10-29-17-12-14(13(22)15(21)24-17)23-18(31-4)25-16(12)27/h11H,5-10H2,1-4H3,(H,23,25,27)/t11-/m0/s1. The van der Waals surface area contributed by atoms with Crippen LogP contribution in [0.4, 0.5) is 9.18 Å². The van der Waals surface area contributed by atoms with E-state index in [1.807, 2.05) is 20.8 Å². The Morgan fingerprint density at radius 1 is 1.32 bits per heavy atom. The normalized spacial score (nSPS) is 17.5. The average molecular weight is 473 g/mol. The zero-order valence-corrected chi connectivity index (χ0v) is 19.5. The molecule has 0 radical (unpaired) electrons. The van der Waals surface area contributed by atoms with Gasteiger partial charge in [-0.15, -0.1) is 0 Å². The number of carbonyl (C=O) groups excluding carboxylic acids is 1. The van der Waals surface area contributed by atoms with Gasteiger partial charge in [-0.25, -0.2) is 14.2 Å². The van der Waals surface area contributed by atoms with Gasteiger partial charge in [-0.05, 0) is 39.9 Å². The Morgan fingerprint density at radius 3 is 2.74 bits per heavy atom. The summed E-state index contributed by atoms with van der Waals surface area (Å²) >= 11 is 7.10. The Balaban J connectivity index is 1.90. The molecule has 1 aliphatic rings. The van der Waals surface area contributed by atoms with E-state index in [4.69, 9.17) is 21.1 Å². The van der Waals surface area contributed by atoms with Crippen LogP contribution in [-0.2, 0) is 4.74 Å². The molecule has 0 bridgehead atoms. The third kappa shape index (κ3) is 5.60. The molecular formula is C20H26ClFN4O4S. The molecule has 0 unspecified atom stereocenters. The van der Waals surface area contributed by atoms with Gasteiger partial charge in [-0.3, -0.25) is 4.79 Å². The van der Waals surface area contributed by atoms with E-state index in [0.717, 1.165) is 19.3 Å². The van der Waals surface area contributed by atoms with E-state index in [1.165, 1.54) is 11.8 Å². The lowest BCUT2D eigenvalue weighted by Gasteiger charge is -2.32. The minimum absolute atomic E-state index is 0.0625. The molecule has 3 heterocycles. The lowest BCUT2D eigenvalue weighted by molar-refractivity contribution is 0.0114. The third-order valence-electron chi connectivity index (χ3n) is 4.81. The van der Waals surface area contributed by atoms with Crippen LogP contribution < -0.4 is 10.3 Å². The summed E-state index contributed by atoms with van der Waals surface area (Å²) in [7, 11) is 0. The van der Waals surface area contributed by atoms with Gasteiger partial charge < -0.3 is 19.4 Å². The molecule has 1 atom stereocenters. The molecule has 170 valence electrons. The van der Waals surface area contributed by atoms with Gasteiger partial charge in [-0.1, -0.05) is 36.2 Å². The predicted octanol–water partition coefficient (Wildman–Crippen LogP) is 4.39. The number of pyridine rings is 1. The Hall–Kier alpha value is -2.07. The second-order valence-corrected chi connectivity index (χ2v) is 9.46. The number of fused-ring (bicyclic) bond motifs is 1. The van der Waals surface area contributed by atoms with Gasteiger partial charge in [0.15, 0.2) is 16.1 Å². The van der Waals surface area contributed by atoms with E-state index in [0.29, 0.717) is 13.0 Å². The van der Waals surface area contributed by atoms with Crippen molar-refractivity contribution in [1.82, 2.24) is 19.9 Å². The van der Waals surface area contributed by atoms with E-state index in [9.17, 15) is 14.0 Å². The highest BCUT2D eigenvalue weighted by molar-refractivity contribution is 7.98. The number of nitrogens with one attached hydrogen (secondary N) is 1. The van der Waals surface area contributed by atoms with Crippen molar-refractivity contribution in [2.45, 2.75) is 63.3 Å². The SMILES string of the molecule is CSc1nc2c(F)c(Cl)nc(OC[C@@H]3CCCCCN3C(=O)OC(C)(C)C)c2c(=O)[nH]1. The Labute approximate surface area is 188 Å². The number of amides is 1. The average Bonchev–Trinajstić information content (AvgIpc) is 2.93. The quantitative estimate of drug-likeness (QED) is 0.400. The van der Waals surface area contributed by atoms with Crippen molar-refractivity contribution < 1.29 is 18.7 Å². The Kier molecular flexibility index (Phi) is 7.31. The highest BCUT2D eigenvalue weighted by Gasteiger charge is 2.30. The number of H-pyrrole nitrogens is 1. The first-order valence-electron chi connectivity index (χ1n) is 10.1. The predicted molar refractivity (Wildman–Crippen MR) is 118 cm³/mol. The van der Waals surface area contributed by atoms with Gasteiger partial charge in [0.25, 0.3) is 5.56 Å². The molecule has 3 rings (SSSR count). The monoisotopic (exact) mass is 472 g/mol. The number of aromatic amines is 1. The number of halogens is 2. The largest absolute Gasteiger partial charge is 0.475 e. The van der Waals surface area contributed by atoms with Crippen LogP contribution in [-0.4, -0.2) is 57.0 Å². The number of thioether (sulfide) groups is 1. The topological polar surface area (TPSA) is 97.4 Å². The van der Waals surface area contributed by atoms with Crippen molar-refractivity contribution in [2.24, 2.45) is 0 Å². The summed E-state index contributed by atoms with van der Waals surface area (Å²) in [6.07, 6.45) is 4.77. The van der Waals surface area contributed by atoms with E-state index >= 15 is 0 Å². The molecule has 11 heteroatoms. The molecule has 0 saturated carbocycles. The van der Waals surface area contributed by atoms with Gasteiger partial charge in [0.1, 0.15) is 23.1 Å². The highest BCUT2D eigenvalue weighted by Crippen LogP contribution is 2.28. The van der Waals surface area contributed by atoms with Crippen LogP contribution in [0.5, 0.6) is 5.88 Å². The maximum absolute atomic E-state index is 14.5. The fourth-order valence-electron chi connectivity index (χ4n) is 3.39. The van der Waals surface area contributed by atoms with E-state index < -0.39 is 28.2 Å². The van der Waals surface area contributed by atoms with Gasteiger partial charge in [0.2, 0.25) is 5.88 Å².